The van der Waals surface area contributed by atoms with Gasteiger partial charge >= 0.3 is 72.2 Å². The molecule has 0 amide bonds. The molecular weight excluding hydrogens is 1400 g/mol. The van der Waals surface area contributed by atoms with Gasteiger partial charge in [-0.1, -0.05) is 102 Å². The average Bonchev–Trinajstić information content (AvgIpc) is 1.06. The Morgan fingerprint density at radius 1 is 0.337 bits per heavy atom. The zero-order valence-corrected chi connectivity index (χ0v) is 60.0. The minimum atomic E-state index is -4.91. The number of rotatable bonds is 35. The van der Waals surface area contributed by atoms with Crippen LogP contribution in [0.15, 0.2) is 185 Å². The summed E-state index contributed by atoms with van der Waals surface area (Å²) in [5, 5.41) is 16.2. The van der Waals surface area contributed by atoms with Gasteiger partial charge in [-0.3, -0.25) is 0 Å². The quantitative estimate of drug-likeness (QED) is 0.0214. The third kappa shape index (κ3) is 95.7. The Hall–Kier alpha value is -10.5. The fourth-order valence-electron chi connectivity index (χ4n) is 3.94. The molecule has 0 fully saturated rings. The molecule has 0 aliphatic heterocycles. The standard InChI is InChI=1S/C12H14O3.C11H12O3.2C7H12O3.C6H7F3O2.2C6H10O3.C5H5F3O2.2C5H8O3/c1-10(2)12(13)15-9-8-14-11-6-4-3-5-7-11;1-2-11(12)14-9-8-13-10-6-4-3-5-7-10;2*1-6(2)7(8)10-5-4-9-3;1-4(2)5(10)11-3-6(7,8)9;2*1-3-6(7)9-5-4-8-2;1-3(2)4(9)10-5(6,7)8;2*1-2-5(7)8-4-3-6/h3-7H,1,8-9H2,2H3;2-7H,1,8-9H2;2*1,4-5H2,2-3H3;1,3H2,2H3;2*3H,1,4-5H2,2H3;1H2,2H3;2*2,6H,1,3-4H2. The lowest BCUT2D eigenvalue weighted by Gasteiger charge is -2.06. The van der Waals surface area contributed by atoms with E-state index in [-0.39, 0.29) is 68.7 Å². The van der Waals surface area contributed by atoms with E-state index in [0.29, 0.717) is 82.8 Å². The van der Waals surface area contributed by atoms with Crippen LogP contribution in [0.25, 0.3) is 0 Å². The lowest BCUT2D eigenvalue weighted by atomic mass is 10.3. The molecule has 588 valence electrons. The van der Waals surface area contributed by atoms with Crippen LogP contribution in [-0.2, 0) is 114 Å². The van der Waals surface area contributed by atoms with Gasteiger partial charge in [-0.15, -0.1) is 13.2 Å². The van der Waals surface area contributed by atoms with E-state index in [1.807, 2.05) is 60.7 Å². The van der Waals surface area contributed by atoms with E-state index in [2.05, 4.69) is 123 Å². The van der Waals surface area contributed by atoms with Crippen molar-refractivity contribution >= 4 is 59.7 Å². The number of halogens is 6. The summed E-state index contributed by atoms with van der Waals surface area (Å²) in [7, 11) is 6.19. The molecule has 0 saturated carbocycles. The van der Waals surface area contributed by atoms with Gasteiger partial charge < -0.3 is 86.0 Å². The topological polar surface area (TPSA) is 359 Å². The summed E-state index contributed by atoms with van der Waals surface area (Å²) in [5.74, 6) is -4.31. The Morgan fingerprint density at radius 3 is 0.760 bits per heavy atom. The molecule has 104 heavy (non-hydrogen) atoms. The van der Waals surface area contributed by atoms with Gasteiger partial charge in [0.25, 0.3) is 0 Å². The van der Waals surface area contributed by atoms with Crippen LogP contribution >= 0.6 is 0 Å². The molecule has 0 atom stereocenters. The number of esters is 10. The maximum atomic E-state index is 11.4. The van der Waals surface area contributed by atoms with Crippen molar-refractivity contribution in [3.8, 4) is 11.5 Å². The number of ether oxygens (including phenoxy) is 16. The van der Waals surface area contributed by atoms with Crippen molar-refractivity contribution in [3.05, 3.63) is 185 Å². The smallest absolute Gasteiger partial charge is 0.490 e. The lowest BCUT2D eigenvalue weighted by Crippen LogP contribution is -2.20. The van der Waals surface area contributed by atoms with Gasteiger partial charge in [0, 0.05) is 86.7 Å². The van der Waals surface area contributed by atoms with Gasteiger partial charge in [-0.25, -0.2) is 47.9 Å². The largest absolute Gasteiger partial charge is 0.575 e. The first kappa shape index (κ1) is 109. The first-order valence-corrected chi connectivity index (χ1v) is 29.6. The normalized spacial score (nSPS) is 9.24. The Labute approximate surface area is 602 Å². The molecule has 0 aromatic heterocycles. The van der Waals surface area contributed by atoms with Crippen molar-refractivity contribution in [1.82, 2.24) is 0 Å². The van der Waals surface area contributed by atoms with Gasteiger partial charge in [0.15, 0.2) is 6.61 Å². The van der Waals surface area contributed by atoms with Crippen molar-refractivity contribution in [3.63, 3.8) is 0 Å². The molecule has 0 aliphatic rings. The van der Waals surface area contributed by atoms with Crippen LogP contribution in [0.4, 0.5) is 26.3 Å². The van der Waals surface area contributed by atoms with Gasteiger partial charge in [-0.05, 0) is 58.9 Å². The number of aliphatic hydroxyl groups is 2. The van der Waals surface area contributed by atoms with Crippen LogP contribution in [0.3, 0.4) is 0 Å². The predicted octanol–water partition coefficient (Wildman–Crippen LogP) is 8.92. The van der Waals surface area contributed by atoms with Crippen LogP contribution in [-0.4, -0.2) is 223 Å². The number of carbonyl (C=O) groups excluding carboxylic acids is 10. The maximum Gasteiger partial charge on any atom is 0.575 e. The zero-order chi connectivity index (χ0) is 81.8. The van der Waals surface area contributed by atoms with Crippen LogP contribution < -0.4 is 9.47 Å². The van der Waals surface area contributed by atoms with E-state index in [1.165, 1.54) is 6.92 Å². The number of hydrogen-bond acceptors (Lipinski definition) is 28. The molecule has 2 N–H and O–H groups in total. The number of alkyl halides is 6. The SMILES string of the molecule is C=C(C)C(=O)OC(F)(F)F.C=C(C)C(=O)OCC(F)(F)F.C=C(C)C(=O)OCCOC.C=C(C)C(=O)OCCOC.C=C(C)C(=O)OCCOc1ccccc1.C=CC(=O)OCCO.C=CC(=O)OCCO.C=CC(=O)OCCOC.C=CC(=O)OCCOC.C=CC(=O)OCCOc1ccccc1. The molecule has 34 heteroatoms. The molecule has 28 nitrogen and oxygen atoms in total. The Bertz CT molecular complexity index is 2720. The van der Waals surface area contributed by atoms with Gasteiger partial charge in [0.2, 0.25) is 0 Å². The fourth-order valence-corrected chi connectivity index (χ4v) is 3.94. The molecule has 0 bridgehead atoms. The molecule has 0 spiro atoms. The average molecular weight is 1500 g/mol. The first-order valence-electron chi connectivity index (χ1n) is 29.6. The highest BCUT2D eigenvalue weighted by Crippen LogP contribution is 2.18. The minimum Gasteiger partial charge on any atom is -0.490 e. The first-order chi connectivity index (χ1) is 48.8. The molecule has 2 aromatic rings. The summed E-state index contributed by atoms with van der Waals surface area (Å²) in [6.07, 6.45) is -3.90. The monoisotopic (exact) mass is 1500 g/mol. The Balaban J connectivity index is -0.000000165. The van der Waals surface area contributed by atoms with Crippen molar-refractivity contribution in [2.45, 2.75) is 47.2 Å². The number of para-hydroxylation sites is 2. The second kappa shape index (κ2) is 76.7. The van der Waals surface area contributed by atoms with Crippen molar-refractivity contribution in [2.75, 3.05) is 141 Å². The molecular formula is C70H98F6O28. The highest BCUT2D eigenvalue weighted by atomic mass is 19.4. The second-order valence-electron chi connectivity index (χ2n) is 17.9. The predicted molar refractivity (Wildman–Crippen MR) is 367 cm³/mol. The number of hydrogen-bond donors (Lipinski definition) is 2. The Kier molecular flexibility index (Phi) is 80.6. The summed E-state index contributed by atoms with van der Waals surface area (Å²) in [6.45, 7) is 42.0. The summed E-state index contributed by atoms with van der Waals surface area (Å²) in [5.41, 5.74) is 0.897. The molecule has 0 unspecified atom stereocenters. The van der Waals surface area contributed by atoms with Crippen LogP contribution in [0, 0.1) is 0 Å². The lowest BCUT2D eigenvalue weighted by molar-refractivity contribution is -0.303. The molecule has 0 radical (unpaired) electrons. The summed E-state index contributed by atoms with van der Waals surface area (Å²) in [4.78, 5) is 104. The van der Waals surface area contributed by atoms with E-state index in [0.717, 1.165) is 48.8 Å². The number of carbonyl (C=O) groups is 10. The van der Waals surface area contributed by atoms with E-state index in [4.69, 9.17) is 29.2 Å². The summed E-state index contributed by atoms with van der Waals surface area (Å²) >= 11 is 0. The molecule has 0 aliphatic carbocycles. The summed E-state index contributed by atoms with van der Waals surface area (Å²) < 4.78 is 140. The zero-order valence-electron chi connectivity index (χ0n) is 60.0. The van der Waals surface area contributed by atoms with Gasteiger partial charge in [0.1, 0.15) is 77.6 Å². The molecule has 2 rings (SSSR count). The third-order valence-corrected chi connectivity index (χ3v) is 8.60. The van der Waals surface area contributed by atoms with E-state index >= 15 is 0 Å². The number of benzene rings is 2. The number of aliphatic hydroxyl groups excluding tert-OH is 2. The van der Waals surface area contributed by atoms with Crippen molar-refractivity contribution < 1.29 is 160 Å². The summed E-state index contributed by atoms with van der Waals surface area (Å²) in [6, 6.07) is 18.7. The van der Waals surface area contributed by atoms with Crippen molar-refractivity contribution in [1.29, 1.82) is 0 Å². The third-order valence-electron chi connectivity index (χ3n) is 8.60. The van der Waals surface area contributed by atoms with E-state index in [1.54, 1.807) is 49.2 Å². The molecule has 0 heterocycles. The maximum absolute atomic E-state index is 11.4. The van der Waals surface area contributed by atoms with Gasteiger partial charge in [0.05, 0.1) is 39.6 Å². The number of methoxy groups -OCH3 is 4. The minimum absolute atomic E-state index is 0.0465. The van der Waals surface area contributed by atoms with Gasteiger partial charge in [-0.2, -0.15) is 13.2 Å². The molecule has 2 aromatic carbocycles. The fraction of sp³-hybridized carbons (Fsp3) is 0.400. The van der Waals surface area contributed by atoms with E-state index < -0.39 is 60.9 Å². The second-order valence-corrected chi connectivity index (χ2v) is 17.9. The molecule has 0 saturated heterocycles. The van der Waals surface area contributed by atoms with Crippen LogP contribution in [0.2, 0.25) is 0 Å². The van der Waals surface area contributed by atoms with E-state index in [9.17, 15) is 74.3 Å². The highest BCUT2D eigenvalue weighted by Gasteiger charge is 2.34. The van der Waals surface area contributed by atoms with Crippen LogP contribution in [0.5, 0.6) is 11.5 Å². The van der Waals surface area contributed by atoms with Crippen LogP contribution in [0.1, 0.15) is 34.6 Å². The van der Waals surface area contributed by atoms with Crippen molar-refractivity contribution in [2.24, 2.45) is 0 Å². The Morgan fingerprint density at radius 2 is 0.558 bits per heavy atom. The highest BCUT2D eigenvalue weighted by molar-refractivity contribution is 5.89.